The van der Waals surface area contributed by atoms with E-state index >= 15 is 0 Å². The molecule has 60 heavy (non-hydrogen) atoms. The molecule has 0 unspecified atom stereocenters. The number of fused-ring (bicyclic) bond motifs is 4. The predicted octanol–water partition coefficient (Wildman–Crippen LogP) is 16.8. The average molecular weight is 777 g/mol. The van der Waals surface area contributed by atoms with Gasteiger partial charge in [-0.1, -0.05) is 172 Å². The van der Waals surface area contributed by atoms with E-state index in [1.807, 2.05) is 0 Å². The third-order valence-electron chi connectivity index (χ3n) is 13.8. The van der Waals surface area contributed by atoms with E-state index in [0.717, 1.165) is 5.69 Å². The van der Waals surface area contributed by atoms with E-state index in [2.05, 4.69) is 191 Å². The highest BCUT2D eigenvalue weighted by molar-refractivity contribution is 6.12. The zero-order valence-electron chi connectivity index (χ0n) is 34.4. The van der Waals surface area contributed by atoms with Crippen LogP contribution < -0.4 is 4.90 Å². The Hall–Kier alpha value is -6.38. The summed E-state index contributed by atoms with van der Waals surface area (Å²) in [5.74, 6) is 1.37. The summed E-state index contributed by atoms with van der Waals surface area (Å²) in [6, 6.07) is 68.6. The van der Waals surface area contributed by atoms with E-state index in [4.69, 9.17) is 0 Å². The summed E-state index contributed by atoms with van der Waals surface area (Å²) < 4.78 is 2.43. The lowest BCUT2D eigenvalue weighted by Crippen LogP contribution is -2.12. The fourth-order valence-corrected chi connectivity index (χ4v) is 10.6. The van der Waals surface area contributed by atoms with Crippen molar-refractivity contribution in [3.05, 3.63) is 193 Å². The highest BCUT2D eigenvalue weighted by Gasteiger charge is 2.23. The molecule has 1 heterocycles. The first-order chi connectivity index (χ1) is 29.8. The number of anilines is 3. The molecule has 294 valence electrons. The van der Waals surface area contributed by atoms with E-state index in [1.165, 1.54) is 147 Å². The fourth-order valence-electron chi connectivity index (χ4n) is 10.6. The summed E-state index contributed by atoms with van der Waals surface area (Å²) >= 11 is 0. The van der Waals surface area contributed by atoms with Crippen LogP contribution in [-0.2, 0) is 0 Å². The third-order valence-corrected chi connectivity index (χ3v) is 13.8. The van der Waals surface area contributed by atoms with Crippen LogP contribution in [0.15, 0.2) is 182 Å². The number of hydrogen-bond donors (Lipinski definition) is 0. The van der Waals surface area contributed by atoms with Crippen LogP contribution in [0, 0.1) is 0 Å². The van der Waals surface area contributed by atoms with Crippen LogP contribution >= 0.6 is 0 Å². The summed E-state index contributed by atoms with van der Waals surface area (Å²) in [4.78, 5) is 2.52. The third kappa shape index (κ3) is 6.79. The Morgan fingerprint density at radius 2 is 0.900 bits per heavy atom. The van der Waals surface area contributed by atoms with Gasteiger partial charge in [0.25, 0.3) is 0 Å². The highest BCUT2D eigenvalue weighted by Crippen LogP contribution is 2.47. The summed E-state index contributed by atoms with van der Waals surface area (Å²) in [6.45, 7) is 0. The molecule has 0 aliphatic heterocycles. The normalized spacial score (nSPS) is 15.2. The van der Waals surface area contributed by atoms with Gasteiger partial charge in [0.2, 0.25) is 0 Å². The van der Waals surface area contributed by atoms with E-state index in [1.54, 1.807) is 0 Å². The molecular formula is C58H52N2. The lowest BCUT2D eigenvalue weighted by molar-refractivity contribution is 0.443. The van der Waals surface area contributed by atoms with Crippen molar-refractivity contribution in [2.75, 3.05) is 4.90 Å². The first kappa shape index (κ1) is 36.7. The monoisotopic (exact) mass is 776 g/mol. The molecule has 9 aromatic rings. The molecule has 2 aliphatic carbocycles. The van der Waals surface area contributed by atoms with Crippen molar-refractivity contribution in [2.24, 2.45) is 0 Å². The lowest BCUT2D eigenvalue weighted by Gasteiger charge is -2.30. The zero-order valence-corrected chi connectivity index (χ0v) is 34.4. The number of para-hydroxylation sites is 2. The van der Waals surface area contributed by atoms with Crippen molar-refractivity contribution < 1.29 is 0 Å². The van der Waals surface area contributed by atoms with Gasteiger partial charge in [0.15, 0.2) is 0 Å². The number of rotatable bonds is 8. The molecule has 2 saturated carbocycles. The maximum atomic E-state index is 2.52. The standard InChI is InChI=1S/C58H52N2/c1-4-14-41(15-5-1)43-24-26-44(27-25-43)46-30-36-51(37-31-46)59(50-34-28-45(29-35-50)42-16-6-2-7-17-42)58-52-21-11-10-18-47(52)32-38-53(58)48-33-39-55-54-22-12-13-23-56(54)60(57(55)40-48)49-19-8-3-9-20-49/h3,8-13,18-42H,1-2,4-7,14-17H2. The van der Waals surface area contributed by atoms with E-state index in [9.17, 15) is 0 Å². The second-order valence-electron chi connectivity index (χ2n) is 17.4. The molecule has 2 nitrogen and oxygen atoms in total. The van der Waals surface area contributed by atoms with Crippen molar-refractivity contribution in [3.8, 4) is 27.9 Å². The smallest absolute Gasteiger partial charge is 0.0618 e. The SMILES string of the molecule is c1ccc(-n2c3ccccc3c3ccc(-c4ccc5ccccc5c4N(c4ccc(-c5ccc(C6CCCCC6)cc5)cc4)c4ccc(C5CCCCC5)cc4)cc32)cc1. The van der Waals surface area contributed by atoms with Gasteiger partial charge < -0.3 is 9.47 Å². The molecule has 2 fully saturated rings. The van der Waals surface area contributed by atoms with Crippen molar-refractivity contribution in [1.29, 1.82) is 0 Å². The Bertz CT molecular complexity index is 2910. The first-order valence-electron chi connectivity index (χ1n) is 22.5. The quantitative estimate of drug-likeness (QED) is 0.149. The van der Waals surface area contributed by atoms with Crippen molar-refractivity contribution >= 4 is 49.6 Å². The first-order valence-corrected chi connectivity index (χ1v) is 22.5. The maximum Gasteiger partial charge on any atom is 0.0618 e. The van der Waals surface area contributed by atoms with Gasteiger partial charge >= 0.3 is 0 Å². The largest absolute Gasteiger partial charge is 0.309 e. The Balaban J connectivity index is 1.07. The zero-order chi connectivity index (χ0) is 39.8. The van der Waals surface area contributed by atoms with E-state index in [-0.39, 0.29) is 0 Å². The van der Waals surface area contributed by atoms with Gasteiger partial charge in [0, 0.05) is 38.8 Å². The summed E-state index contributed by atoms with van der Waals surface area (Å²) in [6.07, 6.45) is 13.4. The van der Waals surface area contributed by atoms with Crippen LogP contribution in [-0.4, -0.2) is 4.57 Å². The number of aromatic nitrogens is 1. The minimum atomic E-state index is 0.654. The Morgan fingerprint density at radius 3 is 1.57 bits per heavy atom. The molecule has 8 aromatic carbocycles. The van der Waals surface area contributed by atoms with Crippen molar-refractivity contribution in [2.45, 2.75) is 76.0 Å². The lowest BCUT2D eigenvalue weighted by atomic mass is 9.84. The Labute approximate surface area is 354 Å². The predicted molar refractivity (Wildman–Crippen MR) is 255 cm³/mol. The molecule has 0 saturated heterocycles. The van der Waals surface area contributed by atoms with Gasteiger partial charge in [0.05, 0.1) is 16.7 Å². The van der Waals surface area contributed by atoms with Gasteiger partial charge in [-0.2, -0.15) is 0 Å². The molecule has 0 radical (unpaired) electrons. The van der Waals surface area contributed by atoms with Gasteiger partial charge in [0.1, 0.15) is 0 Å². The van der Waals surface area contributed by atoms with Gasteiger partial charge in [-0.05, 0) is 119 Å². The number of benzene rings is 8. The highest BCUT2D eigenvalue weighted by atomic mass is 15.1. The van der Waals surface area contributed by atoms with Crippen LogP contribution in [0.5, 0.6) is 0 Å². The van der Waals surface area contributed by atoms with Gasteiger partial charge in [-0.15, -0.1) is 0 Å². The van der Waals surface area contributed by atoms with Gasteiger partial charge in [-0.25, -0.2) is 0 Å². The summed E-state index contributed by atoms with van der Waals surface area (Å²) in [5, 5.41) is 5.00. The average Bonchev–Trinajstić information content (AvgIpc) is 3.67. The van der Waals surface area contributed by atoms with Crippen LogP contribution in [0.4, 0.5) is 17.1 Å². The molecule has 0 atom stereocenters. The van der Waals surface area contributed by atoms with Gasteiger partial charge in [-0.3, -0.25) is 0 Å². The molecule has 11 rings (SSSR count). The topological polar surface area (TPSA) is 8.17 Å². The van der Waals surface area contributed by atoms with Crippen LogP contribution in [0.2, 0.25) is 0 Å². The molecular weight excluding hydrogens is 725 g/mol. The van der Waals surface area contributed by atoms with Crippen LogP contribution in [0.1, 0.15) is 87.2 Å². The molecule has 2 aliphatic rings. The molecule has 0 bridgehead atoms. The molecule has 0 N–H and O–H groups in total. The summed E-state index contributed by atoms with van der Waals surface area (Å²) in [5.41, 5.74) is 15.0. The fraction of sp³-hybridized carbons (Fsp3) is 0.207. The molecule has 0 spiro atoms. The molecule has 2 heteroatoms. The molecule has 1 aromatic heterocycles. The number of hydrogen-bond acceptors (Lipinski definition) is 1. The van der Waals surface area contributed by atoms with E-state index in [0.29, 0.717) is 11.8 Å². The minimum Gasteiger partial charge on any atom is -0.309 e. The second kappa shape index (κ2) is 16.0. The second-order valence-corrected chi connectivity index (χ2v) is 17.4. The van der Waals surface area contributed by atoms with Crippen LogP contribution in [0.3, 0.4) is 0 Å². The van der Waals surface area contributed by atoms with Crippen LogP contribution in [0.25, 0.3) is 60.5 Å². The molecule has 0 amide bonds. The number of nitrogens with zero attached hydrogens (tertiary/aromatic N) is 2. The van der Waals surface area contributed by atoms with Crippen molar-refractivity contribution in [1.82, 2.24) is 4.57 Å². The Kier molecular flexibility index (Phi) is 9.78. The maximum absolute atomic E-state index is 2.52. The summed E-state index contributed by atoms with van der Waals surface area (Å²) in [7, 11) is 0. The van der Waals surface area contributed by atoms with E-state index < -0.39 is 0 Å². The minimum absolute atomic E-state index is 0.654. The van der Waals surface area contributed by atoms with Crippen molar-refractivity contribution in [3.63, 3.8) is 0 Å². The Morgan fingerprint density at radius 1 is 0.383 bits per heavy atom.